The van der Waals surface area contributed by atoms with Gasteiger partial charge >= 0.3 is 0 Å². The van der Waals surface area contributed by atoms with Crippen molar-refractivity contribution in [3.63, 3.8) is 0 Å². The fourth-order valence-corrected chi connectivity index (χ4v) is 2.16. The van der Waals surface area contributed by atoms with E-state index in [2.05, 4.69) is 0 Å². The van der Waals surface area contributed by atoms with Crippen molar-refractivity contribution >= 4 is 17.3 Å². The molecule has 1 aromatic carbocycles. The van der Waals surface area contributed by atoms with Gasteiger partial charge in [-0.3, -0.25) is 4.79 Å². The molecule has 1 aromatic rings. The lowest BCUT2D eigenvalue weighted by atomic mass is 10.2. The Morgan fingerprint density at radius 3 is 2.88 bits per heavy atom. The summed E-state index contributed by atoms with van der Waals surface area (Å²) in [5.41, 5.74) is 7.22. The summed E-state index contributed by atoms with van der Waals surface area (Å²) in [5.74, 6) is 0.862. The lowest BCUT2D eigenvalue weighted by Crippen LogP contribution is -2.30. The minimum atomic E-state index is 0.159. The second kappa shape index (κ2) is 5.08. The highest BCUT2D eigenvalue weighted by Crippen LogP contribution is 2.32. The minimum absolute atomic E-state index is 0.159. The summed E-state index contributed by atoms with van der Waals surface area (Å²) in [6, 6.07) is 5.40. The topological polar surface area (TPSA) is 55.6 Å². The first-order chi connectivity index (χ1) is 8.22. The van der Waals surface area contributed by atoms with Crippen molar-refractivity contribution < 1.29 is 9.53 Å². The number of nitrogens with two attached hydrogens (primary N) is 1. The van der Waals surface area contributed by atoms with E-state index in [1.165, 1.54) is 0 Å². The summed E-state index contributed by atoms with van der Waals surface area (Å²) in [6.45, 7) is 0.749. The van der Waals surface area contributed by atoms with Gasteiger partial charge < -0.3 is 15.4 Å². The van der Waals surface area contributed by atoms with Gasteiger partial charge in [0.15, 0.2) is 0 Å². The molecule has 4 nitrogen and oxygen atoms in total. The quantitative estimate of drug-likeness (QED) is 0.798. The van der Waals surface area contributed by atoms with Crippen LogP contribution in [0.3, 0.4) is 0 Å². The monoisotopic (exact) mass is 234 g/mol. The highest BCUT2D eigenvalue weighted by atomic mass is 16.5. The van der Waals surface area contributed by atoms with Gasteiger partial charge in [-0.2, -0.15) is 0 Å². The van der Waals surface area contributed by atoms with Crippen LogP contribution < -0.4 is 15.4 Å². The predicted octanol–water partition coefficient (Wildman–Crippen LogP) is 2.18. The second-order valence-electron chi connectivity index (χ2n) is 4.29. The first-order valence-electron chi connectivity index (χ1n) is 5.96. The molecular weight excluding hydrogens is 216 g/mol. The summed E-state index contributed by atoms with van der Waals surface area (Å²) in [7, 11) is 1.61. The zero-order valence-electron chi connectivity index (χ0n) is 10.1. The van der Waals surface area contributed by atoms with Gasteiger partial charge in [-0.1, -0.05) is 6.42 Å². The van der Waals surface area contributed by atoms with Crippen LogP contribution in [0, 0.1) is 0 Å². The summed E-state index contributed by atoms with van der Waals surface area (Å²) in [6.07, 6.45) is 3.72. The molecular formula is C13H18N2O2. The highest BCUT2D eigenvalue weighted by Gasteiger charge is 2.21. The van der Waals surface area contributed by atoms with Gasteiger partial charge in [0.05, 0.1) is 12.8 Å². The van der Waals surface area contributed by atoms with Crippen LogP contribution in [0.15, 0.2) is 18.2 Å². The first-order valence-corrected chi connectivity index (χ1v) is 5.96. The molecule has 0 atom stereocenters. The molecule has 0 aromatic heterocycles. The van der Waals surface area contributed by atoms with E-state index in [1.54, 1.807) is 18.1 Å². The number of methoxy groups -OCH3 is 1. The Bertz CT molecular complexity index is 418. The minimum Gasteiger partial charge on any atom is -0.495 e. The molecule has 2 rings (SSSR count). The van der Waals surface area contributed by atoms with Crippen LogP contribution in [0.25, 0.3) is 0 Å². The average Bonchev–Trinajstić information content (AvgIpc) is 2.54. The summed E-state index contributed by atoms with van der Waals surface area (Å²) in [4.78, 5) is 13.8. The number of carbonyl (C=O) groups excluding carboxylic acids is 1. The van der Waals surface area contributed by atoms with Crippen LogP contribution in [0.4, 0.5) is 11.4 Å². The molecule has 0 spiro atoms. The molecule has 1 amide bonds. The predicted molar refractivity (Wildman–Crippen MR) is 68.2 cm³/mol. The summed E-state index contributed by atoms with van der Waals surface area (Å²) >= 11 is 0. The van der Waals surface area contributed by atoms with E-state index in [1.807, 2.05) is 12.1 Å². The van der Waals surface area contributed by atoms with Crippen molar-refractivity contribution in [2.75, 3.05) is 24.3 Å². The molecule has 1 fully saturated rings. The smallest absolute Gasteiger partial charge is 0.227 e. The number of hydrogen-bond donors (Lipinski definition) is 1. The number of amides is 1. The fraction of sp³-hybridized carbons (Fsp3) is 0.462. The van der Waals surface area contributed by atoms with Crippen molar-refractivity contribution in [3.8, 4) is 5.75 Å². The molecule has 4 heteroatoms. The van der Waals surface area contributed by atoms with Crippen LogP contribution in [-0.2, 0) is 4.79 Å². The van der Waals surface area contributed by atoms with Gasteiger partial charge in [-0.25, -0.2) is 0 Å². The molecule has 92 valence electrons. The van der Waals surface area contributed by atoms with Crippen molar-refractivity contribution in [3.05, 3.63) is 18.2 Å². The maximum atomic E-state index is 12.0. The van der Waals surface area contributed by atoms with Gasteiger partial charge in [-0.15, -0.1) is 0 Å². The summed E-state index contributed by atoms with van der Waals surface area (Å²) in [5, 5.41) is 0. The Labute approximate surface area is 101 Å². The van der Waals surface area contributed by atoms with E-state index in [9.17, 15) is 4.79 Å². The van der Waals surface area contributed by atoms with E-state index in [4.69, 9.17) is 10.5 Å². The van der Waals surface area contributed by atoms with Crippen LogP contribution in [0.2, 0.25) is 0 Å². The molecule has 0 aliphatic carbocycles. The average molecular weight is 234 g/mol. The lowest BCUT2D eigenvalue weighted by Gasteiger charge is -2.23. The number of carbonyl (C=O) groups is 1. The highest BCUT2D eigenvalue weighted by molar-refractivity contribution is 5.95. The summed E-state index contributed by atoms with van der Waals surface area (Å²) < 4.78 is 5.29. The molecule has 2 N–H and O–H groups in total. The van der Waals surface area contributed by atoms with E-state index in [0.717, 1.165) is 31.5 Å². The molecule has 0 bridgehead atoms. The van der Waals surface area contributed by atoms with Gasteiger partial charge in [0, 0.05) is 18.7 Å². The van der Waals surface area contributed by atoms with Gasteiger partial charge in [0.25, 0.3) is 0 Å². The maximum Gasteiger partial charge on any atom is 0.227 e. The zero-order chi connectivity index (χ0) is 12.3. The Hall–Kier alpha value is -1.71. The van der Waals surface area contributed by atoms with Gasteiger partial charge in [0.1, 0.15) is 5.75 Å². The molecule has 17 heavy (non-hydrogen) atoms. The van der Waals surface area contributed by atoms with Gasteiger partial charge in [-0.05, 0) is 31.0 Å². The second-order valence-corrected chi connectivity index (χ2v) is 4.29. The molecule has 0 radical (unpaired) electrons. The fourth-order valence-electron chi connectivity index (χ4n) is 2.16. The third-order valence-corrected chi connectivity index (χ3v) is 3.07. The SMILES string of the molecule is COc1ccc(N)cc1N1CCCCCC1=O. The van der Waals surface area contributed by atoms with Crippen LogP contribution in [0.1, 0.15) is 25.7 Å². The molecule has 0 saturated carbocycles. The Morgan fingerprint density at radius 1 is 1.29 bits per heavy atom. The van der Waals surface area contributed by atoms with E-state index < -0.39 is 0 Å². The number of rotatable bonds is 2. The van der Waals surface area contributed by atoms with Crippen LogP contribution >= 0.6 is 0 Å². The number of nitrogen functional groups attached to an aromatic ring is 1. The van der Waals surface area contributed by atoms with Crippen molar-refractivity contribution in [1.29, 1.82) is 0 Å². The number of nitrogens with zero attached hydrogens (tertiary/aromatic N) is 1. The third kappa shape index (κ3) is 2.52. The lowest BCUT2D eigenvalue weighted by molar-refractivity contribution is -0.118. The van der Waals surface area contributed by atoms with Crippen LogP contribution in [-0.4, -0.2) is 19.6 Å². The first kappa shape index (κ1) is 11.8. The Morgan fingerprint density at radius 2 is 2.12 bits per heavy atom. The van der Waals surface area contributed by atoms with E-state index >= 15 is 0 Å². The molecule has 1 aliphatic rings. The van der Waals surface area contributed by atoms with E-state index in [-0.39, 0.29) is 5.91 Å². The Balaban J connectivity index is 2.36. The number of benzene rings is 1. The van der Waals surface area contributed by atoms with Crippen molar-refractivity contribution in [2.45, 2.75) is 25.7 Å². The van der Waals surface area contributed by atoms with Crippen molar-refractivity contribution in [1.82, 2.24) is 0 Å². The number of anilines is 2. The molecule has 0 unspecified atom stereocenters. The standard InChI is InChI=1S/C13H18N2O2/c1-17-12-7-6-10(14)9-11(12)15-8-4-2-3-5-13(15)16/h6-7,9H,2-5,8,14H2,1H3. The van der Waals surface area contributed by atoms with Crippen molar-refractivity contribution in [2.24, 2.45) is 0 Å². The number of hydrogen-bond acceptors (Lipinski definition) is 3. The van der Waals surface area contributed by atoms with E-state index in [0.29, 0.717) is 17.9 Å². The maximum absolute atomic E-state index is 12.0. The largest absolute Gasteiger partial charge is 0.495 e. The van der Waals surface area contributed by atoms with Gasteiger partial charge in [0.2, 0.25) is 5.91 Å². The number of ether oxygens (including phenoxy) is 1. The molecule has 1 heterocycles. The molecule has 1 saturated heterocycles. The molecule has 1 aliphatic heterocycles. The third-order valence-electron chi connectivity index (χ3n) is 3.07. The zero-order valence-corrected chi connectivity index (χ0v) is 10.1. The normalized spacial score (nSPS) is 16.8. The Kier molecular flexibility index (Phi) is 3.52. The van der Waals surface area contributed by atoms with Crippen LogP contribution in [0.5, 0.6) is 5.75 Å².